The Balaban J connectivity index is 0.000000647. The molecule has 0 unspecified atom stereocenters. The van der Waals surface area contributed by atoms with Crippen LogP contribution in [0.1, 0.15) is 50.8 Å². The Bertz CT molecular complexity index is 710. The summed E-state index contributed by atoms with van der Waals surface area (Å²) in [6, 6.07) is 15.8. The second kappa shape index (κ2) is 8.84. The Morgan fingerprint density at radius 1 is 1.00 bits per heavy atom. The summed E-state index contributed by atoms with van der Waals surface area (Å²) in [7, 11) is 9.87. The van der Waals surface area contributed by atoms with Crippen molar-refractivity contribution >= 4 is 23.1 Å². The van der Waals surface area contributed by atoms with Crippen molar-refractivity contribution in [3.05, 3.63) is 64.7 Å². The van der Waals surface area contributed by atoms with E-state index in [1.807, 2.05) is 0 Å². The number of fused-ring (bicyclic) bond motifs is 1. The van der Waals surface area contributed by atoms with Crippen LogP contribution in [0.15, 0.2) is 48.0 Å². The molecule has 0 fully saturated rings. The molecule has 1 aliphatic rings. The molecule has 3 rings (SSSR count). The van der Waals surface area contributed by atoms with E-state index in [9.17, 15) is 0 Å². The van der Waals surface area contributed by atoms with Crippen molar-refractivity contribution in [2.45, 2.75) is 46.0 Å². The number of rotatable bonds is 2. The van der Waals surface area contributed by atoms with Crippen molar-refractivity contribution in [1.29, 1.82) is 0 Å². The van der Waals surface area contributed by atoms with E-state index in [2.05, 4.69) is 76.2 Å². The van der Waals surface area contributed by atoms with Gasteiger partial charge in [-0.05, 0) is 46.1 Å². The van der Waals surface area contributed by atoms with Crippen LogP contribution in [0.25, 0.3) is 17.2 Å². The van der Waals surface area contributed by atoms with Crippen LogP contribution in [0.5, 0.6) is 0 Å². The topological polar surface area (TPSA) is 0 Å². The quantitative estimate of drug-likeness (QED) is 0.459. The van der Waals surface area contributed by atoms with Crippen LogP contribution in [-0.4, -0.2) is 0 Å². The number of halogens is 2. The maximum atomic E-state index is 4.93. The van der Waals surface area contributed by atoms with E-state index in [1.165, 1.54) is 27.8 Å². The van der Waals surface area contributed by atoms with Crippen LogP contribution in [0, 0.1) is 0 Å². The minimum absolute atomic E-state index is 0.215. The van der Waals surface area contributed by atoms with E-state index in [4.69, 9.17) is 17.0 Å². The van der Waals surface area contributed by atoms with Gasteiger partial charge in [-0.15, -0.1) is 0 Å². The fourth-order valence-electron chi connectivity index (χ4n) is 3.07. The van der Waals surface area contributed by atoms with Crippen LogP contribution in [-0.2, 0) is 32.7 Å². The van der Waals surface area contributed by atoms with Crippen molar-refractivity contribution < 1.29 is 20.8 Å². The third-order valence-corrected chi connectivity index (χ3v) is 4.48. The molecule has 2 aromatic carbocycles. The maximum absolute atomic E-state index is 4.93. The van der Waals surface area contributed by atoms with E-state index in [0.29, 0.717) is 0 Å². The van der Waals surface area contributed by atoms with Crippen molar-refractivity contribution in [3.8, 4) is 11.1 Å². The van der Waals surface area contributed by atoms with Gasteiger partial charge in [0.2, 0.25) is 0 Å². The molecule has 2 aromatic rings. The summed E-state index contributed by atoms with van der Waals surface area (Å²) < 4.78 is 0. The fraction of sp³-hybridized carbons (Fsp3) is 0.333. The SMILES string of the molecule is CCC1=Cc2c(cccc2-c2ccc(C(C)(C)C)cc2)C1.[Cl][Zr][Cl]. The summed E-state index contributed by atoms with van der Waals surface area (Å²) in [4.78, 5) is 0. The zero-order valence-corrected chi connectivity index (χ0v) is 18.8. The summed E-state index contributed by atoms with van der Waals surface area (Å²) in [6.45, 7) is 9.03. The molecule has 1 aliphatic carbocycles. The molecule has 0 saturated heterocycles. The first kappa shape index (κ1) is 20.0. The Labute approximate surface area is 164 Å². The molecule has 0 aromatic heterocycles. The average Bonchev–Trinajstić information content (AvgIpc) is 2.98. The van der Waals surface area contributed by atoms with Gasteiger partial charge in [0.05, 0.1) is 0 Å². The van der Waals surface area contributed by atoms with Gasteiger partial charge in [-0.25, -0.2) is 0 Å². The molecule has 0 saturated carbocycles. The molecule has 0 amide bonds. The Morgan fingerprint density at radius 2 is 1.62 bits per heavy atom. The number of hydrogen-bond acceptors (Lipinski definition) is 0. The standard InChI is InChI=1S/C21H24.2ClH.Zr/c1-5-15-13-17-7-6-8-19(20(17)14-15)16-9-11-18(12-10-16)21(2,3)4;;;/h6-12,14H,5,13H2,1-4H3;2*1H;/q;;;+2/p-2. The number of benzene rings is 2. The first-order chi connectivity index (χ1) is 11.4. The van der Waals surface area contributed by atoms with Gasteiger partial charge in [-0.1, -0.05) is 81.8 Å². The van der Waals surface area contributed by atoms with Crippen molar-refractivity contribution in [2.75, 3.05) is 0 Å². The molecule has 0 radical (unpaired) electrons. The van der Waals surface area contributed by atoms with E-state index in [1.54, 1.807) is 5.57 Å². The molecule has 3 heteroatoms. The zero-order chi connectivity index (χ0) is 17.7. The third-order valence-electron chi connectivity index (χ3n) is 4.48. The van der Waals surface area contributed by atoms with Crippen LogP contribution >= 0.6 is 17.0 Å². The molecule has 0 nitrogen and oxygen atoms in total. The molecular formula is C21H24Cl2Zr. The van der Waals surface area contributed by atoms with Crippen molar-refractivity contribution in [2.24, 2.45) is 0 Å². The van der Waals surface area contributed by atoms with Gasteiger partial charge in [0.1, 0.15) is 0 Å². The minimum atomic E-state index is -0.826. The summed E-state index contributed by atoms with van der Waals surface area (Å²) in [6.07, 6.45) is 4.67. The molecule has 0 N–H and O–H groups in total. The number of allylic oxidation sites excluding steroid dienone is 1. The molecule has 0 atom stereocenters. The Hall–Kier alpha value is -0.357. The average molecular weight is 439 g/mol. The fourth-order valence-corrected chi connectivity index (χ4v) is 3.07. The number of hydrogen-bond donors (Lipinski definition) is 0. The van der Waals surface area contributed by atoms with E-state index < -0.39 is 20.8 Å². The van der Waals surface area contributed by atoms with Gasteiger partial charge < -0.3 is 0 Å². The van der Waals surface area contributed by atoms with Crippen molar-refractivity contribution in [3.63, 3.8) is 0 Å². The first-order valence-electron chi connectivity index (χ1n) is 8.29. The van der Waals surface area contributed by atoms with E-state index >= 15 is 0 Å². The second-order valence-electron chi connectivity index (χ2n) is 7.11. The summed E-state index contributed by atoms with van der Waals surface area (Å²) >= 11 is -0.826. The molecule has 0 bridgehead atoms. The normalized spacial score (nSPS) is 12.8. The van der Waals surface area contributed by atoms with Gasteiger partial charge in [-0.3, -0.25) is 0 Å². The molecular weight excluding hydrogens is 414 g/mol. The van der Waals surface area contributed by atoms with Crippen molar-refractivity contribution in [1.82, 2.24) is 0 Å². The van der Waals surface area contributed by atoms with Crippen LogP contribution in [0.4, 0.5) is 0 Å². The monoisotopic (exact) mass is 436 g/mol. The van der Waals surface area contributed by atoms with Crippen LogP contribution in [0.2, 0.25) is 0 Å². The Morgan fingerprint density at radius 3 is 2.17 bits per heavy atom. The second-order valence-corrected chi connectivity index (χ2v) is 10.8. The summed E-state index contributed by atoms with van der Waals surface area (Å²) in [5.41, 5.74) is 8.76. The summed E-state index contributed by atoms with van der Waals surface area (Å²) in [5, 5.41) is 0. The predicted octanol–water partition coefficient (Wildman–Crippen LogP) is 7.38. The Kier molecular flexibility index (Phi) is 7.35. The molecule has 24 heavy (non-hydrogen) atoms. The molecule has 0 heterocycles. The van der Waals surface area contributed by atoms with E-state index in [-0.39, 0.29) is 5.41 Å². The van der Waals surface area contributed by atoms with Gasteiger partial charge >= 0.3 is 37.9 Å². The van der Waals surface area contributed by atoms with Gasteiger partial charge in [-0.2, -0.15) is 0 Å². The van der Waals surface area contributed by atoms with E-state index in [0.717, 1.165) is 12.8 Å². The van der Waals surface area contributed by atoms with Gasteiger partial charge in [0.15, 0.2) is 0 Å². The van der Waals surface area contributed by atoms with Gasteiger partial charge in [0.25, 0.3) is 0 Å². The van der Waals surface area contributed by atoms with Crippen LogP contribution in [0.3, 0.4) is 0 Å². The zero-order valence-electron chi connectivity index (χ0n) is 14.8. The van der Waals surface area contributed by atoms with Gasteiger partial charge in [0, 0.05) is 0 Å². The third kappa shape index (κ3) is 4.84. The van der Waals surface area contributed by atoms with Crippen LogP contribution < -0.4 is 0 Å². The molecule has 0 spiro atoms. The molecule has 0 aliphatic heterocycles. The predicted molar refractivity (Wildman–Crippen MR) is 104 cm³/mol. The summed E-state index contributed by atoms with van der Waals surface area (Å²) in [5.74, 6) is 0. The first-order valence-corrected chi connectivity index (χ1v) is 14.6. The molecule has 126 valence electrons.